The fourth-order valence-electron chi connectivity index (χ4n) is 1.81. The van der Waals surface area contributed by atoms with Gasteiger partial charge in [0.25, 0.3) is 0 Å². The van der Waals surface area contributed by atoms with Crippen molar-refractivity contribution in [3.63, 3.8) is 0 Å². The zero-order valence-corrected chi connectivity index (χ0v) is 13.0. The van der Waals surface area contributed by atoms with Crippen LogP contribution in [0.1, 0.15) is 10.4 Å². The maximum atomic E-state index is 12.0. The number of aromatic hydroxyl groups is 1. The van der Waals surface area contributed by atoms with E-state index in [9.17, 15) is 9.90 Å². The standard InChI is InChI=1S/C15H19NO3Si/c1-20(2,3)7-6-19-15(18)11-4-5-12-9-16-10-14(17)13(12)8-11/h4-5,8-10,17H,6-7H2,1-3H3. The number of rotatable bonds is 4. The van der Waals surface area contributed by atoms with Crippen molar-refractivity contribution >= 4 is 24.8 Å². The summed E-state index contributed by atoms with van der Waals surface area (Å²) in [7, 11) is -1.20. The van der Waals surface area contributed by atoms with Crippen LogP contribution in [0.2, 0.25) is 25.7 Å². The predicted octanol–water partition coefficient (Wildman–Crippen LogP) is 3.44. The van der Waals surface area contributed by atoms with Crippen LogP contribution in [0.25, 0.3) is 10.8 Å². The first-order valence-electron chi connectivity index (χ1n) is 6.61. The number of ether oxygens (including phenoxy) is 1. The van der Waals surface area contributed by atoms with Crippen LogP contribution in [0.15, 0.2) is 30.6 Å². The van der Waals surface area contributed by atoms with Gasteiger partial charge in [0, 0.05) is 25.0 Å². The third-order valence-electron chi connectivity index (χ3n) is 3.06. The van der Waals surface area contributed by atoms with Gasteiger partial charge in [-0.1, -0.05) is 25.7 Å². The summed E-state index contributed by atoms with van der Waals surface area (Å²) in [6.07, 6.45) is 3.01. The van der Waals surface area contributed by atoms with Crippen LogP contribution >= 0.6 is 0 Å². The van der Waals surface area contributed by atoms with Gasteiger partial charge < -0.3 is 9.84 Å². The van der Waals surface area contributed by atoms with E-state index in [1.54, 1.807) is 24.4 Å². The van der Waals surface area contributed by atoms with E-state index in [1.165, 1.54) is 6.20 Å². The SMILES string of the molecule is C[Si](C)(C)CCOC(=O)c1ccc2cncc(O)c2c1. The Morgan fingerprint density at radius 3 is 2.75 bits per heavy atom. The van der Waals surface area contributed by atoms with Crippen molar-refractivity contribution in [2.24, 2.45) is 0 Å². The number of fused-ring (bicyclic) bond motifs is 1. The lowest BCUT2D eigenvalue weighted by molar-refractivity contribution is 0.0525. The summed E-state index contributed by atoms with van der Waals surface area (Å²) < 4.78 is 5.29. The fourth-order valence-corrected chi connectivity index (χ4v) is 2.52. The molecule has 1 aromatic carbocycles. The van der Waals surface area contributed by atoms with Crippen molar-refractivity contribution in [3.8, 4) is 5.75 Å². The van der Waals surface area contributed by atoms with Gasteiger partial charge in [-0.25, -0.2) is 4.79 Å². The molecular formula is C15H19NO3Si. The van der Waals surface area contributed by atoms with Crippen LogP contribution in [0.3, 0.4) is 0 Å². The van der Waals surface area contributed by atoms with Crippen LogP contribution in [0.5, 0.6) is 5.75 Å². The molecule has 0 amide bonds. The molecule has 1 heterocycles. The largest absolute Gasteiger partial charge is 0.506 e. The summed E-state index contributed by atoms with van der Waals surface area (Å²) in [6, 6.07) is 6.04. The molecule has 2 aromatic rings. The summed E-state index contributed by atoms with van der Waals surface area (Å²) in [5, 5.41) is 11.2. The molecule has 2 rings (SSSR count). The minimum absolute atomic E-state index is 0.0687. The van der Waals surface area contributed by atoms with Crippen LogP contribution in [-0.4, -0.2) is 30.7 Å². The summed E-state index contributed by atoms with van der Waals surface area (Å²) in [6.45, 7) is 7.17. The molecule has 0 aliphatic heterocycles. The molecule has 0 fully saturated rings. The summed E-state index contributed by atoms with van der Waals surface area (Å²) in [5.74, 6) is -0.277. The van der Waals surface area contributed by atoms with Crippen LogP contribution in [0, 0.1) is 0 Å². The number of hydrogen-bond acceptors (Lipinski definition) is 4. The highest BCUT2D eigenvalue weighted by molar-refractivity contribution is 6.76. The van der Waals surface area contributed by atoms with E-state index < -0.39 is 8.07 Å². The fraction of sp³-hybridized carbons (Fsp3) is 0.333. The van der Waals surface area contributed by atoms with E-state index in [0.29, 0.717) is 17.6 Å². The Kier molecular flexibility index (Phi) is 4.08. The van der Waals surface area contributed by atoms with Gasteiger partial charge in [-0.2, -0.15) is 0 Å². The van der Waals surface area contributed by atoms with Crippen molar-refractivity contribution in [3.05, 3.63) is 36.2 Å². The predicted molar refractivity (Wildman–Crippen MR) is 81.8 cm³/mol. The van der Waals surface area contributed by atoms with E-state index in [1.807, 2.05) is 0 Å². The lowest BCUT2D eigenvalue weighted by atomic mass is 10.1. The highest BCUT2D eigenvalue weighted by Crippen LogP contribution is 2.24. The third kappa shape index (κ3) is 3.57. The van der Waals surface area contributed by atoms with Crippen molar-refractivity contribution in [2.45, 2.75) is 25.7 Å². The maximum Gasteiger partial charge on any atom is 0.338 e. The van der Waals surface area contributed by atoms with E-state index in [-0.39, 0.29) is 11.7 Å². The first-order chi connectivity index (χ1) is 9.37. The number of esters is 1. The number of benzene rings is 1. The van der Waals surface area contributed by atoms with Crippen molar-refractivity contribution in [1.29, 1.82) is 0 Å². The molecular weight excluding hydrogens is 270 g/mol. The molecule has 0 bridgehead atoms. The first-order valence-corrected chi connectivity index (χ1v) is 10.3. The highest BCUT2D eigenvalue weighted by Gasteiger charge is 2.15. The molecule has 1 N–H and O–H groups in total. The number of aromatic nitrogens is 1. The number of carbonyl (C=O) groups excluding carboxylic acids is 1. The molecule has 0 saturated carbocycles. The van der Waals surface area contributed by atoms with Crippen molar-refractivity contribution in [2.75, 3.05) is 6.61 Å². The van der Waals surface area contributed by atoms with Gasteiger partial charge in [-0.15, -0.1) is 0 Å². The van der Waals surface area contributed by atoms with Crippen molar-refractivity contribution in [1.82, 2.24) is 4.98 Å². The van der Waals surface area contributed by atoms with Gasteiger partial charge in [-0.3, -0.25) is 4.98 Å². The molecule has 20 heavy (non-hydrogen) atoms. The summed E-state index contributed by atoms with van der Waals surface area (Å²) in [4.78, 5) is 15.9. The Balaban J connectivity index is 2.13. The lowest BCUT2D eigenvalue weighted by Gasteiger charge is -2.15. The molecule has 1 aromatic heterocycles. The Morgan fingerprint density at radius 2 is 2.05 bits per heavy atom. The van der Waals surface area contributed by atoms with Gasteiger partial charge in [0.1, 0.15) is 5.75 Å². The molecule has 0 spiro atoms. The average molecular weight is 289 g/mol. The van der Waals surface area contributed by atoms with Gasteiger partial charge in [0.05, 0.1) is 18.4 Å². The maximum absolute atomic E-state index is 12.0. The number of hydrogen-bond donors (Lipinski definition) is 1. The van der Waals surface area contributed by atoms with E-state index in [2.05, 4.69) is 24.6 Å². The molecule has 0 saturated heterocycles. The molecule has 0 unspecified atom stereocenters. The highest BCUT2D eigenvalue weighted by atomic mass is 28.3. The minimum atomic E-state index is -1.20. The summed E-state index contributed by atoms with van der Waals surface area (Å²) in [5.41, 5.74) is 0.453. The zero-order chi connectivity index (χ0) is 14.8. The third-order valence-corrected chi connectivity index (χ3v) is 4.76. The lowest BCUT2D eigenvalue weighted by Crippen LogP contribution is -2.22. The van der Waals surface area contributed by atoms with Crippen LogP contribution < -0.4 is 0 Å². The number of carbonyl (C=O) groups is 1. The first kappa shape index (κ1) is 14.5. The van der Waals surface area contributed by atoms with E-state index in [4.69, 9.17) is 4.74 Å². The molecule has 0 aliphatic rings. The average Bonchev–Trinajstić information content (AvgIpc) is 2.37. The van der Waals surface area contributed by atoms with Crippen molar-refractivity contribution < 1.29 is 14.6 Å². The zero-order valence-electron chi connectivity index (χ0n) is 12.0. The second-order valence-corrected chi connectivity index (χ2v) is 11.7. The number of pyridine rings is 1. The Bertz CT molecular complexity index is 635. The Hall–Kier alpha value is -1.88. The van der Waals surface area contributed by atoms with Gasteiger partial charge in [-0.05, 0) is 18.2 Å². The quantitative estimate of drug-likeness (QED) is 0.692. The minimum Gasteiger partial charge on any atom is -0.506 e. The van der Waals surface area contributed by atoms with Crippen LogP contribution in [0.4, 0.5) is 0 Å². The number of nitrogens with zero attached hydrogens (tertiary/aromatic N) is 1. The monoisotopic (exact) mass is 289 g/mol. The Morgan fingerprint density at radius 1 is 1.30 bits per heavy atom. The molecule has 0 aliphatic carbocycles. The molecule has 4 nitrogen and oxygen atoms in total. The smallest absolute Gasteiger partial charge is 0.338 e. The molecule has 106 valence electrons. The normalized spacial score (nSPS) is 11.6. The second kappa shape index (κ2) is 5.62. The topological polar surface area (TPSA) is 59.4 Å². The Labute approximate surface area is 119 Å². The molecule has 5 heteroatoms. The van der Waals surface area contributed by atoms with Gasteiger partial charge in [0.2, 0.25) is 0 Å². The second-order valence-electron chi connectivity index (χ2n) is 6.04. The molecule has 0 radical (unpaired) electrons. The molecule has 0 atom stereocenters. The van der Waals surface area contributed by atoms with E-state index in [0.717, 1.165) is 11.4 Å². The van der Waals surface area contributed by atoms with E-state index >= 15 is 0 Å². The van der Waals surface area contributed by atoms with Crippen LogP contribution in [-0.2, 0) is 4.74 Å². The van der Waals surface area contributed by atoms with Gasteiger partial charge in [0.15, 0.2) is 0 Å². The summed E-state index contributed by atoms with van der Waals surface area (Å²) >= 11 is 0. The van der Waals surface area contributed by atoms with Gasteiger partial charge >= 0.3 is 5.97 Å².